The van der Waals surface area contributed by atoms with Crippen molar-refractivity contribution in [2.45, 2.75) is 30.2 Å². The lowest BCUT2D eigenvalue weighted by atomic mass is 10.0. The van der Waals surface area contributed by atoms with Crippen molar-refractivity contribution in [3.8, 4) is 17.2 Å². The molecule has 2 aromatic carbocycles. The quantitative estimate of drug-likeness (QED) is 0.759. The van der Waals surface area contributed by atoms with E-state index in [1.165, 1.54) is 26.3 Å². The van der Waals surface area contributed by atoms with Crippen LogP contribution in [-0.2, 0) is 10.0 Å². The summed E-state index contributed by atoms with van der Waals surface area (Å²) in [4.78, 5) is 15.1. The van der Waals surface area contributed by atoms with Crippen molar-refractivity contribution in [1.29, 1.82) is 0 Å². The van der Waals surface area contributed by atoms with Crippen molar-refractivity contribution in [3.05, 3.63) is 47.5 Å². The molecule has 2 aliphatic rings. The number of fused-ring (bicyclic) bond motifs is 1. The Morgan fingerprint density at radius 1 is 1.10 bits per heavy atom. The van der Waals surface area contributed by atoms with Gasteiger partial charge in [0.25, 0.3) is 5.91 Å². The molecule has 1 saturated heterocycles. The molecule has 1 atom stereocenters. The molecule has 0 aromatic heterocycles. The van der Waals surface area contributed by atoms with E-state index in [9.17, 15) is 13.2 Å². The van der Waals surface area contributed by atoms with Crippen molar-refractivity contribution >= 4 is 15.9 Å². The lowest BCUT2D eigenvalue weighted by molar-refractivity contribution is 0.0735. The van der Waals surface area contributed by atoms with Crippen molar-refractivity contribution in [1.82, 2.24) is 9.62 Å². The summed E-state index contributed by atoms with van der Waals surface area (Å²) in [6, 6.07) is 10.2. The molecule has 9 heteroatoms. The summed E-state index contributed by atoms with van der Waals surface area (Å²) in [5.41, 5.74) is 1.28. The Bertz CT molecular complexity index is 1090. The number of rotatable bonds is 5. The van der Waals surface area contributed by atoms with Gasteiger partial charge in [0.2, 0.25) is 10.0 Å². The Kier molecular flexibility index (Phi) is 6.06. The molecule has 2 heterocycles. The second-order valence-electron chi connectivity index (χ2n) is 7.49. The maximum Gasteiger partial charge on any atom is 0.254 e. The minimum Gasteiger partial charge on any atom is -0.495 e. The fourth-order valence-electron chi connectivity index (χ4n) is 4.04. The summed E-state index contributed by atoms with van der Waals surface area (Å²) in [7, 11) is -1.06. The van der Waals surface area contributed by atoms with Gasteiger partial charge in [-0.2, -0.15) is 0 Å². The summed E-state index contributed by atoms with van der Waals surface area (Å²) in [5, 5.41) is 0. The lowest BCUT2D eigenvalue weighted by Crippen LogP contribution is -2.31. The highest BCUT2D eigenvalue weighted by molar-refractivity contribution is 7.89. The smallest absolute Gasteiger partial charge is 0.254 e. The van der Waals surface area contributed by atoms with E-state index in [1.807, 2.05) is 18.2 Å². The van der Waals surface area contributed by atoms with Crippen molar-refractivity contribution in [3.63, 3.8) is 0 Å². The molecule has 1 N–H and O–H groups in total. The Balaban J connectivity index is 1.64. The van der Waals surface area contributed by atoms with Crippen LogP contribution >= 0.6 is 0 Å². The largest absolute Gasteiger partial charge is 0.495 e. The number of nitrogens with zero attached hydrogens (tertiary/aromatic N) is 1. The van der Waals surface area contributed by atoms with Crippen LogP contribution in [0.25, 0.3) is 0 Å². The van der Waals surface area contributed by atoms with Gasteiger partial charge < -0.3 is 19.1 Å². The third kappa shape index (κ3) is 4.20. The average molecular weight is 447 g/mol. The lowest BCUT2D eigenvalue weighted by Gasteiger charge is -2.26. The fraction of sp³-hybridized carbons (Fsp3) is 0.409. The monoisotopic (exact) mass is 446 g/mol. The van der Waals surface area contributed by atoms with Gasteiger partial charge in [0.15, 0.2) is 11.5 Å². The van der Waals surface area contributed by atoms with Gasteiger partial charge >= 0.3 is 0 Å². The first-order valence-corrected chi connectivity index (χ1v) is 11.7. The van der Waals surface area contributed by atoms with Crippen LogP contribution in [0.5, 0.6) is 17.2 Å². The zero-order valence-electron chi connectivity index (χ0n) is 17.6. The van der Waals surface area contributed by atoms with E-state index >= 15 is 0 Å². The molecule has 8 nitrogen and oxygen atoms in total. The number of likely N-dealkylation sites (tertiary alicyclic amines) is 1. The maximum absolute atomic E-state index is 13.4. The molecule has 0 radical (unpaired) electrons. The molecule has 4 rings (SSSR count). The number of methoxy groups -OCH3 is 1. The molecule has 1 unspecified atom stereocenters. The Hall–Kier alpha value is -2.78. The molecule has 0 saturated carbocycles. The highest BCUT2D eigenvalue weighted by Gasteiger charge is 2.32. The number of carbonyl (C=O) groups is 1. The fourth-order valence-corrected chi connectivity index (χ4v) is 4.96. The van der Waals surface area contributed by atoms with Gasteiger partial charge in [-0.3, -0.25) is 4.79 Å². The summed E-state index contributed by atoms with van der Waals surface area (Å²) in [6.45, 7) is 1.81. The van der Waals surface area contributed by atoms with E-state index in [0.29, 0.717) is 36.8 Å². The third-order valence-electron chi connectivity index (χ3n) is 5.64. The average Bonchev–Trinajstić information content (AvgIpc) is 3.16. The third-order valence-corrected chi connectivity index (χ3v) is 7.07. The van der Waals surface area contributed by atoms with Crippen LogP contribution in [0.15, 0.2) is 41.3 Å². The number of ether oxygens (including phenoxy) is 3. The van der Waals surface area contributed by atoms with Crippen molar-refractivity contribution < 1.29 is 27.4 Å². The van der Waals surface area contributed by atoms with Gasteiger partial charge in [-0.1, -0.05) is 6.07 Å². The van der Waals surface area contributed by atoms with E-state index in [1.54, 1.807) is 11.0 Å². The van der Waals surface area contributed by atoms with Crippen LogP contribution in [-0.4, -0.2) is 53.1 Å². The highest BCUT2D eigenvalue weighted by Crippen LogP contribution is 2.39. The van der Waals surface area contributed by atoms with E-state index in [0.717, 1.165) is 24.8 Å². The molecule has 1 amide bonds. The predicted molar refractivity (Wildman–Crippen MR) is 114 cm³/mol. The number of nitrogens with one attached hydrogen (secondary N) is 1. The van der Waals surface area contributed by atoms with Gasteiger partial charge in [0.05, 0.1) is 26.4 Å². The van der Waals surface area contributed by atoms with E-state index in [-0.39, 0.29) is 22.6 Å². The highest BCUT2D eigenvalue weighted by atomic mass is 32.2. The zero-order valence-corrected chi connectivity index (χ0v) is 18.4. The summed E-state index contributed by atoms with van der Waals surface area (Å²) in [5.74, 6) is 1.38. The first-order chi connectivity index (χ1) is 14.9. The molecular weight excluding hydrogens is 420 g/mol. The van der Waals surface area contributed by atoms with Crippen LogP contribution in [0.4, 0.5) is 0 Å². The topological polar surface area (TPSA) is 94.2 Å². The van der Waals surface area contributed by atoms with E-state index in [4.69, 9.17) is 14.2 Å². The van der Waals surface area contributed by atoms with Crippen LogP contribution in [0, 0.1) is 0 Å². The Morgan fingerprint density at radius 3 is 2.61 bits per heavy atom. The van der Waals surface area contributed by atoms with E-state index < -0.39 is 10.0 Å². The first kappa shape index (κ1) is 21.5. The Labute approximate surface area is 182 Å². The molecule has 1 fully saturated rings. The van der Waals surface area contributed by atoms with Crippen LogP contribution < -0.4 is 18.9 Å². The van der Waals surface area contributed by atoms with Crippen LogP contribution in [0.2, 0.25) is 0 Å². The van der Waals surface area contributed by atoms with Gasteiger partial charge in [0, 0.05) is 18.5 Å². The molecule has 0 aliphatic carbocycles. The molecule has 2 aromatic rings. The zero-order chi connectivity index (χ0) is 22.0. The SMILES string of the molecule is CNS(=O)(=O)c1cc(C(=O)N2CCCC2c2ccc3c(c2)OCCCO3)ccc1OC. The minimum absolute atomic E-state index is 0.0605. The molecule has 2 aliphatic heterocycles. The number of hydrogen-bond donors (Lipinski definition) is 1. The van der Waals surface area contributed by atoms with Gasteiger partial charge in [-0.05, 0) is 55.8 Å². The summed E-state index contributed by atoms with van der Waals surface area (Å²) < 4.78 is 43.7. The van der Waals surface area contributed by atoms with Crippen LogP contribution in [0.1, 0.15) is 41.2 Å². The Morgan fingerprint density at radius 2 is 1.87 bits per heavy atom. The van der Waals surface area contributed by atoms with Gasteiger partial charge in [-0.25, -0.2) is 13.1 Å². The molecule has 166 valence electrons. The second kappa shape index (κ2) is 8.76. The summed E-state index contributed by atoms with van der Waals surface area (Å²) in [6.07, 6.45) is 2.51. The number of amides is 1. The predicted octanol–water partition coefficient (Wildman–Crippen LogP) is 2.74. The standard InChI is InChI=1S/C22H26N2O6S/c1-23-31(26,27)21-14-16(7-9-19(21)28-2)22(25)24-10-3-5-17(24)15-6-8-18-20(13-15)30-12-4-11-29-18/h6-9,13-14,17,23H,3-5,10-12H2,1-2H3. The van der Waals surface area contributed by atoms with Gasteiger partial charge in [0.1, 0.15) is 10.6 Å². The summed E-state index contributed by atoms with van der Waals surface area (Å²) >= 11 is 0. The van der Waals surface area contributed by atoms with E-state index in [2.05, 4.69) is 4.72 Å². The van der Waals surface area contributed by atoms with Crippen molar-refractivity contribution in [2.75, 3.05) is 33.9 Å². The van der Waals surface area contributed by atoms with Crippen LogP contribution in [0.3, 0.4) is 0 Å². The number of carbonyl (C=O) groups excluding carboxylic acids is 1. The number of hydrogen-bond acceptors (Lipinski definition) is 6. The molecule has 31 heavy (non-hydrogen) atoms. The molecule has 0 bridgehead atoms. The molecule has 0 spiro atoms. The number of benzene rings is 2. The minimum atomic E-state index is -3.78. The normalized spacial score (nSPS) is 18.5. The molecular formula is C22H26N2O6S. The first-order valence-electron chi connectivity index (χ1n) is 10.3. The van der Waals surface area contributed by atoms with Gasteiger partial charge in [-0.15, -0.1) is 0 Å². The van der Waals surface area contributed by atoms with Crippen molar-refractivity contribution in [2.24, 2.45) is 0 Å². The number of sulfonamides is 1. The second-order valence-corrected chi connectivity index (χ2v) is 9.34. The maximum atomic E-state index is 13.4.